The topological polar surface area (TPSA) is 20.3 Å². The van der Waals surface area contributed by atoms with E-state index < -0.39 is 0 Å². The van der Waals surface area contributed by atoms with Gasteiger partial charge < -0.3 is 4.90 Å². The summed E-state index contributed by atoms with van der Waals surface area (Å²) in [5.41, 5.74) is 2.75. The van der Waals surface area contributed by atoms with Crippen LogP contribution in [0.1, 0.15) is 29.3 Å². The van der Waals surface area contributed by atoms with E-state index in [0.29, 0.717) is 0 Å². The maximum absolute atomic E-state index is 12.7. The summed E-state index contributed by atoms with van der Waals surface area (Å²) in [7, 11) is 0. The molecular formula is C17H19NO. The molecule has 0 aliphatic rings. The van der Waals surface area contributed by atoms with Gasteiger partial charge in [0.15, 0.2) is 0 Å². The molecule has 0 fully saturated rings. The van der Waals surface area contributed by atoms with Crippen LogP contribution in [0, 0.1) is 6.92 Å². The molecule has 0 bridgehead atoms. The number of rotatable bonds is 4. The highest BCUT2D eigenvalue weighted by Crippen LogP contribution is 2.19. The van der Waals surface area contributed by atoms with Crippen molar-refractivity contribution in [2.45, 2.75) is 20.3 Å². The van der Waals surface area contributed by atoms with Gasteiger partial charge in [-0.3, -0.25) is 4.79 Å². The SMILES string of the molecule is CCCN(C(=O)c1ccccc1C)c1ccccc1. The lowest BCUT2D eigenvalue weighted by molar-refractivity contribution is 0.0986. The van der Waals surface area contributed by atoms with E-state index in [4.69, 9.17) is 0 Å². The van der Waals surface area contributed by atoms with Crippen molar-refractivity contribution in [3.05, 3.63) is 65.7 Å². The Balaban J connectivity index is 2.35. The molecular weight excluding hydrogens is 234 g/mol. The maximum Gasteiger partial charge on any atom is 0.258 e. The minimum absolute atomic E-state index is 0.0751. The van der Waals surface area contributed by atoms with Crippen LogP contribution in [0.3, 0.4) is 0 Å². The first-order valence-corrected chi connectivity index (χ1v) is 6.66. The number of carbonyl (C=O) groups excluding carboxylic acids is 1. The van der Waals surface area contributed by atoms with Crippen LogP contribution in [0.15, 0.2) is 54.6 Å². The third-order valence-electron chi connectivity index (χ3n) is 3.14. The molecule has 2 aromatic rings. The fourth-order valence-corrected chi connectivity index (χ4v) is 2.14. The summed E-state index contributed by atoms with van der Waals surface area (Å²) >= 11 is 0. The van der Waals surface area contributed by atoms with E-state index in [0.717, 1.165) is 29.8 Å². The maximum atomic E-state index is 12.7. The summed E-state index contributed by atoms with van der Waals surface area (Å²) in [6.45, 7) is 4.79. The van der Waals surface area contributed by atoms with Crippen LogP contribution in [0.5, 0.6) is 0 Å². The minimum Gasteiger partial charge on any atom is -0.308 e. The molecule has 19 heavy (non-hydrogen) atoms. The number of hydrogen-bond donors (Lipinski definition) is 0. The zero-order valence-electron chi connectivity index (χ0n) is 11.5. The molecule has 0 spiro atoms. The second-order valence-corrected chi connectivity index (χ2v) is 4.61. The quantitative estimate of drug-likeness (QED) is 0.805. The van der Waals surface area contributed by atoms with Gasteiger partial charge in [-0.1, -0.05) is 43.3 Å². The van der Waals surface area contributed by atoms with E-state index in [1.54, 1.807) is 0 Å². The molecule has 0 atom stereocenters. The Morgan fingerprint density at radius 3 is 2.26 bits per heavy atom. The number of amides is 1. The summed E-state index contributed by atoms with van der Waals surface area (Å²) in [6, 6.07) is 17.6. The van der Waals surface area contributed by atoms with Crippen molar-refractivity contribution in [1.29, 1.82) is 0 Å². The van der Waals surface area contributed by atoms with Crippen LogP contribution in [0.4, 0.5) is 5.69 Å². The van der Waals surface area contributed by atoms with E-state index in [1.807, 2.05) is 66.4 Å². The Hall–Kier alpha value is -2.09. The average molecular weight is 253 g/mol. The summed E-state index contributed by atoms with van der Waals surface area (Å²) < 4.78 is 0. The first-order chi connectivity index (χ1) is 9.24. The molecule has 2 aromatic carbocycles. The lowest BCUT2D eigenvalue weighted by atomic mass is 10.1. The van der Waals surface area contributed by atoms with Crippen LogP contribution in [0.25, 0.3) is 0 Å². The molecule has 0 N–H and O–H groups in total. The first kappa shape index (κ1) is 13.3. The van der Waals surface area contributed by atoms with Gasteiger partial charge in [-0.2, -0.15) is 0 Å². The molecule has 2 nitrogen and oxygen atoms in total. The zero-order valence-corrected chi connectivity index (χ0v) is 11.5. The minimum atomic E-state index is 0.0751. The van der Waals surface area contributed by atoms with Gasteiger partial charge in [0.05, 0.1) is 0 Å². The van der Waals surface area contributed by atoms with E-state index in [1.165, 1.54) is 0 Å². The van der Waals surface area contributed by atoms with Gasteiger partial charge in [-0.25, -0.2) is 0 Å². The van der Waals surface area contributed by atoms with Crippen molar-refractivity contribution in [3.63, 3.8) is 0 Å². The molecule has 0 aliphatic carbocycles. The van der Waals surface area contributed by atoms with Crippen LogP contribution in [0.2, 0.25) is 0 Å². The molecule has 0 saturated carbocycles. The fourth-order valence-electron chi connectivity index (χ4n) is 2.14. The van der Waals surface area contributed by atoms with Gasteiger partial charge in [0.2, 0.25) is 0 Å². The van der Waals surface area contributed by atoms with Crippen molar-refractivity contribution < 1.29 is 4.79 Å². The second kappa shape index (κ2) is 6.19. The molecule has 98 valence electrons. The molecule has 0 unspecified atom stereocenters. The van der Waals surface area contributed by atoms with Crippen LogP contribution in [-0.2, 0) is 0 Å². The van der Waals surface area contributed by atoms with Gasteiger partial charge in [0.1, 0.15) is 0 Å². The highest BCUT2D eigenvalue weighted by molar-refractivity contribution is 6.07. The average Bonchev–Trinajstić information content (AvgIpc) is 2.45. The molecule has 0 heterocycles. The Morgan fingerprint density at radius 1 is 1.00 bits per heavy atom. The molecule has 2 heteroatoms. The summed E-state index contributed by atoms with van der Waals surface area (Å²) in [5.74, 6) is 0.0751. The Bertz CT molecular complexity index is 548. The third-order valence-corrected chi connectivity index (χ3v) is 3.14. The highest BCUT2D eigenvalue weighted by Gasteiger charge is 2.17. The normalized spacial score (nSPS) is 10.2. The van der Waals surface area contributed by atoms with Crippen molar-refractivity contribution in [3.8, 4) is 0 Å². The third kappa shape index (κ3) is 3.02. The molecule has 2 rings (SSSR count). The van der Waals surface area contributed by atoms with Crippen molar-refractivity contribution in [2.75, 3.05) is 11.4 Å². The number of nitrogens with zero attached hydrogens (tertiary/aromatic N) is 1. The van der Waals surface area contributed by atoms with Gasteiger partial charge >= 0.3 is 0 Å². The molecule has 1 amide bonds. The molecule has 0 aromatic heterocycles. The number of aryl methyl sites for hydroxylation is 1. The van der Waals surface area contributed by atoms with E-state index in [-0.39, 0.29) is 5.91 Å². The van der Waals surface area contributed by atoms with Gasteiger partial charge in [-0.05, 0) is 37.1 Å². The number of carbonyl (C=O) groups is 1. The van der Waals surface area contributed by atoms with Gasteiger partial charge in [0, 0.05) is 17.8 Å². The predicted octanol–water partition coefficient (Wildman–Crippen LogP) is 4.05. The van der Waals surface area contributed by atoms with Gasteiger partial charge in [0.25, 0.3) is 5.91 Å². The largest absolute Gasteiger partial charge is 0.308 e. The second-order valence-electron chi connectivity index (χ2n) is 4.61. The van der Waals surface area contributed by atoms with E-state index >= 15 is 0 Å². The van der Waals surface area contributed by atoms with Crippen molar-refractivity contribution in [1.82, 2.24) is 0 Å². The van der Waals surface area contributed by atoms with Crippen LogP contribution < -0.4 is 4.90 Å². The zero-order chi connectivity index (χ0) is 13.7. The Labute approximate surface area is 114 Å². The van der Waals surface area contributed by atoms with E-state index in [2.05, 4.69) is 6.92 Å². The van der Waals surface area contributed by atoms with Crippen molar-refractivity contribution in [2.24, 2.45) is 0 Å². The standard InChI is InChI=1S/C17H19NO/c1-3-13-18(15-10-5-4-6-11-15)17(19)16-12-8-7-9-14(16)2/h4-12H,3,13H2,1-2H3. The first-order valence-electron chi connectivity index (χ1n) is 6.66. The number of hydrogen-bond acceptors (Lipinski definition) is 1. The monoisotopic (exact) mass is 253 g/mol. The number of para-hydroxylation sites is 1. The molecule has 0 saturated heterocycles. The summed E-state index contributed by atoms with van der Waals surface area (Å²) in [5, 5.41) is 0. The smallest absolute Gasteiger partial charge is 0.258 e. The number of anilines is 1. The van der Waals surface area contributed by atoms with Gasteiger partial charge in [-0.15, -0.1) is 0 Å². The van der Waals surface area contributed by atoms with Crippen LogP contribution >= 0.6 is 0 Å². The number of benzene rings is 2. The molecule has 0 radical (unpaired) electrons. The van der Waals surface area contributed by atoms with Crippen molar-refractivity contribution >= 4 is 11.6 Å². The highest BCUT2D eigenvalue weighted by atomic mass is 16.2. The molecule has 0 aliphatic heterocycles. The van der Waals surface area contributed by atoms with Crippen LogP contribution in [-0.4, -0.2) is 12.5 Å². The summed E-state index contributed by atoms with van der Waals surface area (Å²) in [4.78, 5) is 14.5. The lowest BCUT2D eigenvalue weighted by Gasteiger charge is -2.23. The fraction of sp³-hybridized carbons (Fsp3) is 0.235. The summed E-state index contributed by atoms with van der Waals surface area (Å²) in [6.07, 6.45) is 0.937. The predicted molar refractivity (Wildman–Crippen MR) is 79.6 cm³/mol. The Morgan fingerprint density at radius 2 is 1.63 bits per heavy atom. The lowest BCUT2D eigenvalue weighted by Crippen LogP contribution is -2.32. The van der Waals surface area contributed by atoms with E-state index in [9.17, 15) is 4.79 Å². The Kier molecular flexibility index (Phi) is 4.35.